The number of guanidine groups is 1. The molecule has 1 aliphatic rings. The Bertz CT molecular complexity index is 1630. The van der Waals surface area contributed by atoms with Crippen molar-refractivity contribution < 1.29 is 21.6 Å². The van der Waals surface area contributed by atoms with E-state index in [1.54, 1.807) is 7.11 Å². The van der Waals surface area contributed by atoms with Gasteiger partial charge in [0.2, 0.25) is 0 Å². The second-order valence-corrected chi connectivity index (χ2v) is 18.2. The Hall–Kier alpha value is -4.12. The first kappa shape index (κ1) is 30.9. The van der Waals surface area contributed by atoms with Crippen molar-refractivity contribution in [1.82, 2.24) is 5.32 Å². The number of hydrogen-bond acceptors (Lipinski definition) is 2. The van der Waals surface area contributed by atoms with Gasteiger partial charge in [-0.1, -0.05) is 0 Å². The zero-order chi connectivity index (χ0) is 31.2. The van der Waals surface area contributed by atoms with E-state index in [0.29, 0.717) is 0 Å². The third-order valence-corrected chi connectivity index (χ3v) is 14.9. The summed E-state index contributed by atoms with van der Waals surface area (Å²) < 4.78 is 15.0. The predicted octanol–water partition coefficient (Wildman–Crippen LogP) is 8.80. The molecule has 0 spiro atoms. The molecule has 1 fully saturated rings. The molecule has 0 bridgehead atoms. The van der Waals surface area contributed by atoms with Gasteiger partial charge in [0.05, 0.1) is 0 Å². The standard InChI is InChI=1S/C19H22N3O.3C7H7.Ti/c1-12-9-13(2)18(14(3)10-12)16-11-21-19(20)22(16)15-7-5-6-8-17(15)23-4;3*1-7-5-3-2-4-6-7;/h5-10,16H,11H2,1-4H3,(H-,20,21);3*2-6H,1H2;/q-1;;;;+1. The molecule has 1 heterocycles. The van der Waals surface area contributed by atoms with Crippen LogP contribution in [0, 0.1) is 20.8 Å². The van der Waals surface area contributed by atoms with Crippen LogP contribution < -0.4 is 15.0 Å². The van der Waals surface area contributed by atoms with E-state index in [1.165, 1.54) is 38.9 Å². The molecule has 0 aromatic heterocycles. The molecule has 1 aliphatic heterocycles. The van der Waals surface area contributed by atoms with Crippen LogP contribution in [0.2, 0.25) is 0 Å². The second-order valence-electron chi connectivity index (χ2n) is 12.4. The number of rotatable bonds is 10. The first-order chi connectivity index (χ1) is 21.9. The van der Waals surface area contributed by atoms with Gasteiger partial charge in [0.25, 0.3) is 0 Å². The van der Waals surface area contributed by atoms with E-state index in [4.69, 9.17) is 8.21 Å². The van der Waals surface area contributed by atoms with Gasteiger partial charge < -0.3 is 0 Å². The van der Waals surface area contributed by atoms with Crippen LogP contribution in [0.1, 0.15) is 45.0 Å². The van der Waals surface area contributed by atoms with E-state index >= 15 is 0 Å². The summed E-state index contributed by atoms with van der Waals surface area (Å²) in [5, 5.41) is 3.85. The first-order valence-electron chi connectivity index (χ1n) is 15.9. The Balaban J connectivity index is 1.56. The minimum atomic E-state index is -3.23. The van der Waals surface area contributed by atoms with Crippen LogP contribution >= 0.6 is 0 Å². The molecular formula is C40H43N3OTi. The Labute approximate surface area is 272 Å². The van der Waals surface area contributed by atoms with Gasteiger partial charge in [-0.25, -0.2) is 0 Å². The number of nitrogens with zero attached hydrogens (tertiary/aromatic N) is 2. The minimum absolute atomic E-state index is 0.0888. The summed E-state index contributed by atoms with van der Waals surface area (Å²) in [6.07, 6.45) is 0. The summed E-state index contributed by atoms with van der Waals surface area (Å²) in [4.78, 5) is 2.44. The van der Waals surface area contributed by atoms with Gasteiger partial charge in [0, 0.05) is 0 Å². The number of ether oxygens (including phenoxy) is 1. The molecule has 4 nitrogen and oxygen atoms in total. The molecule has 6 rings (SSSR count). The molecule has 5 aromatic rings. The van der Waals surface area contributed by atoms with Crippen LogP contribution in [0.4, 0.5) is 5.69 Å². The summed E-state index contributed by atoms with van der Waals surface area (Å²) in [5.74, 6) is 1.82. The van der Waals surface area contributed by atoms with E-state index in [0.717, 1.165) is 38.1 Å². The van der Waals surface area contributed by atoms with Gasteiger partial charge in [0.1, 0.15) is 0 Å². The van der Waals surface area contributed by atoms with Crippen LogP contribution in [-0.4, -0.2) is 19.6 Å². The summed E-state index contributed by atoms with van der Waals surface area (Å²) >= 11 is -3.23. The zero-order valence-corrected chi connectivity index (χ0v) is 28.4. The number of para-hydroxylation sites is 2. The molecule has 0 radical (unpaired) electrons. The third-order valence-electron chi connectivity index (χ3n) is 8.88. The van der Waals surface area contributed by atoms with E-state index in [9.17, 15) is 0 Å². The van der Waals surface area contributed by atoms with Crippen LogP contribution in [-0.2, 0) is 31.0 Å². The van der Waals surface area contributed by atoms with Gasteiger partial charge in [-0.2, -0.15) is 0 Å². The van der Waals surface area contributed by atoms with Crippen molar-refractivity contribution >= 4 is 11.6 Å². The molecule has 45 heavy (non-hydrogen) atoms. The quantitative estimate of drug-likeness (QED) is 0.157. The number of methoxy groups -OCH3 is 1. The maximum absolute atomic E-state index is 6.04. The van der Waals surface area contributed by atoms with Crippen LogP contribution in [0.3, 0.4) is 0 Å². The molecule has 0 amide bonds. The summed E-state index contributed by atoms with van der Waals surface area (Å²) in [6.45, 7) is 7.45. The van der Waals surface area contributed by atoms with E-state index in [2.05, 4.69) is 152 Å². The molecule has 5 heteroatoms. The maximum atomic E-state index is 6.04. The fourth-order valence-electron chi connectivity index (χ4n) is 7.12. The monoisotopic (exact) mass is 629 g/mol. The van der Waals surface area contributed by atoms with Crippen molar-refractivity contribution in [3.8, 4) is 5.75 Å². The van der Waals surface area contributed by atoms with Crippen molar-refractivity contribution in [3.63, 3.8) is 0 Å². The summed E-state index contributed by atoms with van der Waals surface area (Å²) in [5.41, 5.74) is 10.4. The van der Waals surface area contributed by atoms with Crippen molar-refractivity contribution in [2.75, 3.05) is 18.6 Å². The van der Waals surface area contributed by atoms with E-state index < -0.39 is 16.8 Å². The molecule has 5 aromatic carbocycles. The molecule has 0 saturated carbocycles. The Kier molecular flexibility index (Phi) is 9.54. The third kappa shape index (κ3) is 7.09. The number of hydrogen-bond donors (Lipinski definition) is 1. The van der Waals surface area contributed by atoms with Crippen molar-refractivity contribution in [2.45, 2.75) is 41.0 Å². The molecule has 1 unspecified atom stereocenters. The Morgan fingerprint density at radius 3 is 1.64 bits per heavy atom. The molecule has 1 saturated heterocycles. The number of anilines is 1. The zero-order valence-electron chi connectivity index (χ0n) is 26.8. The van der Waals surface area contributed by atoms with Crippen LogP contribution in [0.25, 0.3) is 0 Å². The predicted molar refractivity (Wildman–Crippen MR) is 185 cm³/mol. The average molecular weight is 630 g/mol. The van der Waals surface area contributed by atoms with Gasteiger partial charge >= 0.3 is 274 Å². The van der Waals surface area contributed by atoms with Gasteiger partial charge in [-0.05, 0) is 0 Å². The average Bonchev–Trinajstić information content (AvgIpc) is 3.43. The molecule has 228 valence electrons. The van der Waals surface area contributed by atoms with Gasteiger partial charge in [-0.15, -0.1) is 0 Å². The molecule has 1 N–H and O–H groups in total. The Morgan fingerprint density at radius 2 is 1.16 bits per heavy atom. The van der Waals surface area contributed by atoms with Crippen LogP contribution in [0.5, 0.6) is 5.75 Å². The fourth-order valence-corrected chi connectivity index (χ4v) is 13.7. The van der Waals surface area contributed by atoms with Crippen LogP contribution in [0.15, 0.2) is 131 Å². The van der Waals surface area contributed by atoms with Crippen molar-refractivity contribution in [1.29, 1.82) is 0 Å². The number of nitrogens with one attached hydrogen (secondary N) is 1. The van der Waals surface area contributed by atoms with Crippen molar-refractivity contribution in [3.05, 3.63) is 166 Å². The normalized spacial score (nSPS) is 15.7. The fraction of sp³-hybridized carbons (Fsp3) is 0.225. The van der Waals surface area contributed by atoms with E-state index in [1.807, 2.05) is 6.07 Å². The summed E-state index contributed by atoms with van der Waals surface area (Å²) in [6, 6.07) is 46.0. The molecular weight excluding hydrogens is 586 g/mol. The summed E-state index contributed by atoms with van der Waals surface area (Å²) in [7, 11) is 1.76. The number of benzene rings is 5. The SMILES string of the molecule is COc1ccccc1N1C(=[N][Ti]([CH2]c2ccccc2)([CH2]c2ccccc2)[CH2]c2ccccc2)NCC1c1c(C)cc(C)cc1C. The number of aryl methyl sites for hydroxylation is 3. The second kappa shape index (κ2) is 13.9. The van der Waals surface area contributed by atoms with Gasteiger partial charge in [-0.3, -0.25) is 0 Å². The van der Waals surface area contributed by atoms with Crippen molar-refractivity contribution in [2.24, 2.45) is 3.47 Å². The topological polar surface area (TPSA) is 36.9 Å². The molecule has 0 aliphatic carbocycles. The van der Waals surface area contributed by atoms with Gasteiger partial charge in [0.15, 0.2) is 0 Å². The first-order valence-corrected chi connectivity index (χ1v) is 19.9. The Morgan fingerprint density at radius 1 is 0.689 bits per heavy atom. The molecule has 1 atom stereocenters. The van der Waals surface area contributed by atoms with E-state index in [-0.39, 0.29) is 6.04 Å².